The predicted octanol–water partition coefficient (Wildman–Crippen LogP) is 3.61. The molecule has 0 spiro atoms. The number of rotatable bonds is 5. The van der Waals surface area contributed by atoms with Crippen LogP contribution < -0.4 is 5.73 Å². The van der Waals surface area contributed by atoms with Crippen LogP contribution in [0.5, 0.6) is 0 Å². The van der Waals surface area contributed by atoms with Gasteiger partial charge in [-0.1, -0.05) is 13.8 Å². The van der Waals surface area contributed by atoms with Crippen LogP contribution in [0.25, 0.3) is 0 Å². The van der Waals surface area contributed by atoms with E-state index >= 15 is 0 Å². The van der Waals surface area contributed by atoms with E-state index in [1.54, 1.807) is 0 Å². The number of hydrogen-bond acceptors (Lipinski definition) is 2. The summed E-state index contributed by atoms with van der Waals surface area (Å²) >= 11 is 0. The van der Waals surface area contributed by atoms with Gasteiger partial charge in [-0.2, -0.15) is 0 Å². The topological polar surface area (TPSA) is 35.2 Å². The fraction of sp³-hybridized carbons (Fsp3) is 0.867. The molecule has 0 amide bonds. The Hall–Kier alpha value is -0.500. The van der Waals surface area contributed by atoms with Crippen LogP contribution >= 0.6 is 0 Å². The summed E-state index contributed by atoms with van der Waals surface area (Å²) in [6.07, 6.45) is 11.6. The van der Waals surface area contributed by atoms with Crippen molar-refractivity contribution in [3.05, 3.63) is 11.8 Å². The molecule has 2 aliphatic carbocycles. The average molecular weight is 237 g/mol. The predicted molar refractivity (Wildman–Crippen MR) is 71.6 cm³/mol. The average Bonchev–Trinajstić information content (AvgIpc) is 3.10. The fourth-order valence-electron chi connectivity index (χ4n) is 2.50. The summed E-state index contributed by atoms with van der Waals surface area (Å²) in [5, 5.41) is 0. The van der Waals surface area contributed by atoms with Crippen molar-refractivity contribution in [2.45, 2.75) is 70.9 Å². The Balaban J connectivity index is 1.79. The summed E-state index contributed by atoms with van der Waals surface area (Å²) in [6, 6.07) is 0.461. The lowest BCUT2D eigenvalue weighted by Crippen LogP contribution is -2.26. The molecular formula is C15H27NO. The number of nitrogens with two attached hydrogens (primary N) is 1. The molecule has 0 unspecified atom stereocenters. The molecule has 0 saturated heterocycles. The van der Waals surface area contributed by atoms with Crippen LogP contribution in [0.3, 0.4) is 0 Å². The smallest absolute Gasteiger partial charge is 0.0985 e. The molecule has 0 aromatic carbocycles. The molecule has 2 aliphatic rings. The highest BCUT2D eigenvalue weighted by molar-refractivity contribution is 5.00. The molecule has 2 heteroatoms. The molecule has 17 heavy (non-hydrogen) atoms. The quantitative estimate of drug-likeness (QED) is 0.741. The van der Waals surface area contributed by atoms with E-state index in [1.165, 1.54) is 50.7 Å². The molecule has 0 bridgehead atoms. The van der Waals surface area contributed by atoms with E-state index in [0.717, 1.165) is 5.92 Å². The van der Waals surface area contributed by atoms with Crippen LogP contribution in [0.15, 0.2) is 11.8 Å². The van der Waals surface area contributed by atoms with Gasteiger partial charge >= 0.3 is 0 Å². The third-order valence-corrected chi connectivity index (χ3v) is 3.94. The molecule has 2 N–H and O–H groups in total. The van der Waals surface area contributed by atoms with Crippen LogP contribution in [0, 0.1) is 11.8 Å². The highest BCUT2D eigenvalue weighted by atomic mass is 16.5. The van der Waals surface area contributed by atoms with Gasteiger partial charge in [-0.25, -0.2) is 0 Å². The summed E-state index contributed by atoms with van der Waals surface area (Å²) < 4.78 is 5.97. The first-order chi connectivity index (χ1) is 8.15. The van der Waals surface area contributed by atoms with E-state index in [9.17, 15) is 0 Å². The minimum Gasteiger partial charge on any atom is -0.495 e. The summed E-state index contributed by atoms with van der Waals surface area (Å²) in [5.41, 5.74) is 5.94. The minimum absolute atomic E-state index is 0.461. The first kappa shape index (κ1) is 12.9. The van der Waals surface area contributed by atoms with Crippen LogP contribution in [0.2, 0.25) is 0 Å². The highest BCUT2D eigenvalue weighted by Crippen LogP contribution is 2.31. The van der Waals surface area contributed by atoms with Crippen LogP contribution in [0.4, 0.5) is 0 Å². The molecule has 98 valence electrons. The van der Waals surface area contributed by atoms with Gasteiger partial charge in [0.1, 0.15) is 0 Å². The Morgan fingerprint density at radius 2 is 1.82 bits per heavy atom. The normalized spacial score (nSPS) is 30.7. The molecule has 0 radical (unpaired) electrons. The molecule has 2 saturated carbocycles. The van der Waals surface area contributed by atoms with Gasteiger partial charge in [-0.15, -0.1) is 0 Å². The van der Waals surface area contributed by atoms with E-state index in [-0.39, 0.29) is 0 Å². The van der Waals surface area contributed by atoms with E-state index in [0.29, 0.717) is 18.1 Å². The number of allylic oxidation sites excluding steroid dienone is 2. The molecule has 0 heterocycles. The third-order valence-electron chi connectivity index (χ3n) is 3.94. The van der Waals surface area contributed by atoms with Crippen LogP contribution in [-0.4, -0.2) is 12.1 Å². The second kappa shape index (κ2) is 5.90. The van der Waals surface area contributed by atoms with Crippen LogP contribution in [0.1, 0.15) is 58.8 Å². The lowest BCUT2D eigenvalue weighted by Gasteiger charge is -2.25. The summed E-state index contributed by atoms with van der Waals surface area (Å²) in [6.45, 7) is 4.45. The van der Waals surface area contributed by atoms with Crippen molar-refractivity contribution in [1.29, 1.82) is 0 Å². The minimum atomic E-state index is 0.461. The standard InChI is InChI=1S/C15H27NO/c1-11(2)15(17-14-8-9-14)10-5-12-3-6-13(16)7-4-12/h10-14H,3-9,16H2,1-2H3/b15-10+. The number of hydrogen-bond donors (Lipinski definition) is 1. The zero-order valence-corrected chi connectivity index (χ0v) is 11.3. The first-order valence-corrected chi connectivity index (χ1v) is 7.27. The first-order valence-electron chi connectivity index (χ1n) is 7.27. The van der Waals surface area contributed by atoms with Gasteiger partial charge in [-0.3, -0.25) is 0 Å². The Bertz CT molecular complexity index is 260. The van der Waals surface area contributed by atoms with Crippen molar-refractivity contribution in [2.75, 3.05) is 0 Å². The van der Waals surface area contributed by atoms with Gasteiger partial charge in [0.15, 0.2) is 0 Å². The van der Waals surface area contributed by atoms with Crippen molar-refractivity contribution in [1.82, 2.24) is 0 Å². The van der Waals surface area contributed by atoms with Gasteiger partial charge in [0.25, 0.3) is 0 Å². The fourth-order valence-corrected chi connectivity index (χ4v) is 2.50. The lowest BCUT2D eigenvalue weighted by molar-refractivity contribution is 0.168. The van der Waals surface area contributed by atoms with Gasteiger partial charge in [0, 0.05) is 12.0 Å². The van der Waals surface area contributed by atoms with Crippen molar-refractivity contribution in [3.63, 3.8) is 0 Å². The van der Waals surface area contributed by atoms with Crippen molar-refractivity contribution >= 4 is 0 Å². The monoisotopic (exact) mass is 237 g/mol. The van der Waals surface area contributed by atoms with Crippen molar-refractivity contribution < 1.29 is 4.74 Å². The van der Waals surface area contributed by atoms with Gasteiger partial charge in [0.05, 0.1) is 11.9 Å². The van der Waals surface area contributed by atoms with E-state index in [4.69, 9.17) is 10.5 Å². The second-order valence-corrected chi connectivity index (χ2v) is 6.09. The second-order valence-electron chi connectivity index (χ2n) is 6.09. The maximum atomic E-state index is 5.97. The van der Waals surface area contributed by atoms with Crippen molar-refractivity contribution in [2.24, 2.45) is 17.6 Å². The summed E-state index contributed by atoms with van der Waals surface area (Å²) in [5.74, 6) is 2.59. The third kappa shape index (κ3) is 4.34. The lowest BCUT2D eigenvalue weighted by atomic mass is 9.84. The highest BCUT2D eigenvalue weighted by Gasteiger charge is 2.25. The Morgan fingerprint density at radius 3 is 2.35 bits per heavy atom. The Morgan fingerprint density at radius 1 is 1.18 bits per heavy atom. The molecular weight excluding hydrogens is 210 g/mol. The maximum Gasteiger partial charge on any atom is 0.0985 e. The zero-order chi connectivity index (χ0) is 12.3. The molecule has 0 atom stereocenters. The van der Waals surface area contributed by atoms with E-state index in [1.807, 2.05) is 0 Å². The Labute approximate surface area is 106 Å². The zero-order valence-electron chi connectivity index (χ0n) is 11.3. The molecule has 0 aromatic heterocycles. The van der Waals surface area contributed by atoms with Gasteiger partial charge in [0.2, 0.25) is 0 Å². The summed E-state index contributed by atoms with van der Waals surface area (Å²) in [4.78, 5) is 0. The molecule has 2 fully saturated rings. The summed E-state index contributed by atoms with van der Waals surface area (Å²) in [7, 11) is 0. The SMILES string of the molecule is CC(C)/C(=C\CC1CCC(N)CC1)OC1CC1. The van der Waals surface area contributed by atoms with Crippen molar-refractivity contribution in [3.8, 4) is 0 Å². The van der Waals surface area contributed by atoms with Gasteiger partial charge < -0.3 is 10.5 Å². The molecule has 2 rings (SSSR count). The largest absolute Gasteiger partial charge is 0.495 e. The van der Waals surface area contributed by atoms with E-state index < -0.39 is 0 Å². The van der Waals surface area contributed by atoms with Crippen LogP contribution in [-0.2, 0) is 4.74 Å². The number of ether oxygens (including phenoxy) is 1. The Kier molecular flexibility index (Phi) is 4.49. The van der Waals surface area contributed by atoms with Gasteiger partial charge in [-0.05, 0) is 56.9 Å². The van der Waals surface area contributed by atoms with E-state index in [2.05, 4.69) is 19.9 Å². The maximum absolute atomic E-state index is 5.97. The molecule has 0 aromatic rings. The molecule has 0 aliphatic heterocycles. The molecule has 2 nitrogen and oxygen atoms in total.